The summed E-state index contributed by atoms with van der Waals surface area (Å²) in [7, 11) is 0. The summed E-state index contributed by atoms with van der Waals surface area (Å²) in [4.78, 5) is 28.1. The van der Waals surface area contributed by atoms with Crippen LogP contribution in [0.25, 0.3) is 22.5 Å². The van der Waals surface area contributed by atoms with Gasteiger partial charge in [0.15, 0.2) is 35.5 Å². The van der Waals surface area contributed by atoms with Gasteiger partial charge >= 0.3 is 0 Å². The number of halogens is 4. The summed E-state index contributed by atoms with van der Waals surface area (Å²) in [5, 5.41) is 28.4. The largest absolute Gasteiger partial charge is 0.454 e. The van der Waals surface area contributed by atoms with Crippen LogP contribution in [0.4, 0.5) is 29.2 Å². The van der Waals surface area contributed by atoms with E-state index in [1.54, 1.807) is 67.7 Å². The Labute approximate surface area is 386 Å². The minimum atomic E-state index is -0.821. The number of aromatic nitrogens is 4. The molecule has 8 N–H and O–H groups in total. The number of nitrogens with zero attached hydrogens (tertiary/aromatic N) is 8. The number of primary amides is 2. The maximum Gasteiger partial charge on any atom is 0.254 e. The van der Waals surface area contributed by atoms with Crippen LogP contribution in [0.1, 0.15) is 84.2 Å². The number of piperidine rings is 2. The van der Waals surface area contributed by atoms with Gasteiger partial charge in [-0.2, -0.15) is 20.7 Å². The number of ether oxygens (including phenoxy) is 2. The smallest absolute Gasteiger partial charge is 0.254 e. The maximum atomic E-state index is 13.9. The van der Waals surface area contributed by atoms with E-state index in [2.05, 4.69) is 22.6 Å². The van der Waals surface area contributed by atoms with E-state index in [0.29, 0.717) is 47.1 Å². The predicted molar refractivity (Wildman–Crippen MR) is 239 cm³/mol. The third-order valence-electron chi connectivity index (χ3n) is 13.3. The molecular formula is C48H44F4N12O4. The molecule has 2 amide bonds. The second-order valence-electron chi connectivity index (χ2n) is 17.5. The van der Waals surface area contributed by atoms with Crippen LogP contribution in [0.2, 0.25) is 0 Å². The average molecular weight is 929 g/mol. The van der Waals surface area contributed by atoms with E-state index in [4.69, 9.17) is 32.4 Å². The molecule has 4 heterocycles. The Kier molecular flexibility index (Phi) is 11.6. The summed E-state index contributed by atoms with van der Waals surface area (Å²) in [5.74, 6) is -3.75. The zero-order valence-electron chi connectivity index (χ0n) is 36.3. The minimum Gasteiger partial charge on any atom is -0.454 e. The number of rotatable bonds is 10. The van der Waals surface area contributed by atoms with Crippen molar-refractivity contribution in [2.24, 2.45) is 11.5 Å². The zero-order valence-corrected chi connectivity index (χ0v) is 36.3. The summed E-state index contributed by atoms with van der Waals surface area (Å²) < 4.78 is 68.1. The molecule has 68 heavy (non-hydrogen) atoms. The lowest BCUT2D eigenvalue weighted by Gasteiger charge is -2.36. The third kappa shape index (κ3) is 8.52. The monoisotopic (exact) mass is 928 g/mol. The molecule has 10 rings (SSSR count). The van der Waals surface area contributed by atoms with Crippen LogP contribution in [0.3, 0.4) is 0 Å². The summed E-state index contributed by atoms with van der Waals surface area (Å²) >= 11 is 0. The Hall–Kier alpha value is -8.26. The summed E-state index contributed by atoms with van der Waals surface area (Å²) in [6, 6.07) is 18.7. The molecule has 16 nitrogen and oxygen atoms in total. The van der Waals surface area contributed by atoms with Crippen LogP contribution in [-0.4, -0.2) is 65.3 Å². The maximum absolute atomic E-state index is 13.9. The number of nitrogens with two attached hydrogens (primary N) is 4. The molecule has 0 unspecified atom stereocenters. The number of hydrogen-bond acceptors (Lipinski definition) is 12. The number of likely N-dealkylation sites (tertiary alicyclic amines) is 2. The molecule has 2 spiro atoms. The first-order valence-corrected chi connectivity index (χ1v) is 21.8. The lowest BCUT2D eigenvalue weighted by molar-refractivity contribution is 0.0992. The molecule has 0 radical (unpaired) electrons. The highest BCUT2D eigenvalue weighted by Crippen LogP contribution is 2.51. The fourth-order valence-electron chi connectivity index (χ4n) is 9.23. The molecule has 2 saturated carbocycles. The lowest BCUT2D eigenvalue weighted by Crippen LogP contribution is -2.43. The van der Waals surface area contributed by atoms with Crippen LogP contribution in [0.15, 0.2) is 84.9 Å². The number of anilines is 2. The molecule has 4 fully saturated rings. The highest BCUT2D eigenvalue weighted by atomic mass is 19.1. The van der Waals surface area contributed by atoms with Crippen LogP contribution in [0, 0.1) is 46.2 Å². The number of amides is 2. The minimum absolute atomic E-state index is 0.0255. The van der Waals surface area contributed by atoms with Crippen LogP contribution in [0.5, 0.6) is 23.0 Å². The topological polar surface area (TPSA) is 246 Å². The molecule has 2 atom stereocenters. The Morgan fingerprint density at radius 2 is 0.956 bits per heavy atom. The van der Waals surface area contributed by atoms with Gasteiger partial charge < -0.3 is 42.2 Å². The van der Waals surface area contributed by atoms with Gasteiger partial charge in [-0.05, 0) is 124 Å². The highest BCUT2D eigenvalue weighted by Gasteiger charge is 2.52. The van der Waals surface area contributed by atoms with Crippen molar-refractivity contribution in [3.8, 4) is 57.9 Å². The molecule has 348 valence electrons. The fraction of sp³-hybridized carbons (Fsp3) is 0.292. The normalized spacial score (nSPS) is 18.5. The van der Waals surface area contributed by atoms with E-state index in [0.717, 1.165) is 75.6 Å². The molecule has 0 bridgehead atoms. The molecule has 6 aromatic rings. The van der Waals surface area contributed by atoms with Crippen molar-refractivity contribution in [2.45, 2.75) is 74.5 Å². The van der Waals surface area contributed by atoms with Gasteiger partial charge in [-0.25, -0.2) is 26.9 Å². The molecule has 4 aliphatic rings. The van der Waals surface area contributed by atoms with E-state index in [9.17, 15) is 37.7 Å². The van der Waals surface area contributed by atoms with Gasteiger partial charge in [0.1, 0.15) is 57.3 Å². The van der Waals surface area contributed by atoms with Gasteiger partial charge in [-0.15, -0.1) is 0 Å². The van der Waals surface area contributed by atoms with Crippen molar-refractivity contribution >= 4 is 23.5 Å². The fourth-order valence-corrected chi connectivity index (χ4v) is 9.23. The Morgan fingerprint density at radius 3 is 1.26 bits per heavy atom. The first-order valence-electron chi connectivity index (χ1n) is 21.8. The van der Waals surface area contributed by atoms with E-state index >= 15 is 0 Å². The van der Waals surface area contributed by atoms with Gasteiger partial charge in [0.2, 0.25) is 0 Å². The molecule has 2 aliphatic carbocycles. The van der Waals surface area contributed by atoms with Crippen LogP contribution >= 0.6 is 0 Å². The Bertz CT molecular complexity index is 2820. The van der Waals surface area contributed by atoms with Crippen molar-refractivity contribution < 1.29 is 36.6 Å². The van der Waals surface area contributed by atoms with E-state index in [1.165, 1.54) is 12.1 Å². The SMILES string of the molecule is N#CN1C[C@@H](n2nc(-c3ccc(Oc4ccc(F)cc4F)cc3)c(C(N)=O)c2N)CCC12CC2.N#CN1C[C@H](n2nc(-c3ccc(Oc4ccc(F)cc4F)cc3)c(C(N)=O)c2N)CCC12CC2. The number of carbonyl (C=O) groups excluding carboxylic acids is 2. The summed E-state index contributed by atoms with van der Waals surface area (Å²) in [6.07, 6.45) is 11.9. The van der Waals surface area contributed by atoms with Crippen LogP contribution < -0.4 is 32.4 Å². The second-order valence-corrected chi connectivity index (χ2v) is 17.5. The molecule has 4 aromatic carbocycles. The molecular weight excluding hydrogens is 885 g/mol. The zero-order chi connectivity index (χ0) is 48.1. The number of nitriles is 2. The summed E-state index contributed by atoms with van der Waals surface area (Å²) in [6.45, 7) is 0.937. The Balaban J connectivity index is 0.000000170. The molecule has 2 aliphatic heterocycles. The Morgan fingerprint density at radius 1 is 0.588 bits per heavy atom. The first kappa shape index (κ1) is 44.9. The van der Waals surface area contributed by atoms with Crippen molar-refractivity contribution in [1.82, 2.24) is 29.4 Å². The van der Waals surface area contributed by atoms with Crippen molar-refractivity contribution in [3.05, 3.63) is 119 Å². The number of hydrogen-bond donors (Lipinski definition) is 4. The van der Waals surface area contributed by atoms with E-state index < -0.39 is 35.1 Å². The van der Waals surface area contributed by atoms with Crippen molar-refractivity contribution in [1.29, 1.82) is 10.5 Å². The molecule has 2 saturated heterocycles. The van der Waals surface area contributed by atoms with E-state index in [-0.39, 0.29) is 57.4 Å². The van der Waals surface area contributed by atoms with Gasteiger partial charge in [-0.3, -0.25) is 9.59 Å². The summed E-state index contributed by atoms with van der Waals surface area (Å²) in [5.41, 5.74) is 25.8. The predicted octanol–water partition coefficient (Wildman–Crippen LogP) is 7.90. The number of carbonyl (C=O) groups is 2. The van der Waals surface area contributed by atoms with Gasteiger partial charge in [0, 0.05) is 23.3 Å². The molecule has 20 heteroatoms. The van der Waals surface area contributed by atoms with Crippen molar-refractivity contribution in [3.63, 3.8) is 0 Å². The standard InChI is InChI=1S/2C24H22F2N6O2/c2*25-15-3-6-19(18(26)11-15)34-17-4-1-14(2-5-17)21-20(23(29)33)22(28)32(30-21)16-7-8-24(9-10-24)31(12-16)13-27/h2*1-6,11,16H,7-10,12,28H2,(H2,29,33)/t2*16-/m10/s1. The quantitative estimate of drug-likeness (QED) is 0.0756. The molecule has 2 aromatic heterocycles. The number of benzene rings is 4. The lowest BCUT2D eigenvalue weighted by atomic mass is 9.97. The first-order chi connectivity index (χ1) is 32.6. The highest BCUT2D eigenvalue weighted by molar-refractivity contribution is 6.04. The number of nitrogen functional groups attached to an aromatic ring is 2. The average Bonchev–Trinajstić information content (AvgIpc) is 4.22. The van der Waals surface area contributed by atoms with Gasteiger partial charge in [-0.1, -0.05) is 0 Å². The van der Waals surface area contributed by atoms with Gasteiger partial charge in [0.25, 0.3) is 11.8 Å². The van der Waals surface area contributed by atoms with E-state index in [1.807, 2.05) is 0 Å². The van der Waals surface area contributed by atoms with Crippen molar-refractivity contribution in [2.75, 3.05) is 24.6 Å². The second kappa shape index (κ2) is 17.5. The van der Waals surface area contributed by atoms with Gasteiger partial charge in [0.05, 0.1) is 36.3 Å². The van der Waals surface area contributed by atoms with Crippen LogP contribution in [-0.2, 0) is 0 Å². The third-order valence-corrected chi connectivity index (χ3v) is 13.3.